The standard InChI is InChI=1S/C14H20F3N3O/c1-4-13(5-2)10(8-11(13)21-3)18-12-7-6-9(19-20-12)14(15,16)17/h6-7,10-11H,4-5,8H2,1-3H3,(H,18,20). The molecule has 118 valence electrons. The van der Waals surface area contributed by atoms with Crippen LogP contribution >= 0.6 is 0 Å². The van der Waals surface area contributed by atoms with Gasteiger partial charge in [-0.05, 0) is 31.4 Å². The van der Waals surface area contributed by atoms with Crippen molar-refractivity contribution in [3.05, 3.63) is 17.8 Å². The molecular weight excluding hydrogens is 283 g/mol. The highest BCUT2D eigenvalue weighted by Crippen LogP contribution is 2.49. The minimum Gasteiger partial charge on any atom is -0.381 e. The van der Waals surface area contributed by atoms with Crippen molar-refractivity contribution < 1.29 is 17.9 Å². The van der Waals surface area contributed by atoms with Crippen LogP contribution in [-0.2, 0) is 10.9 Å². The summed E-state index contributed by atoms with van der Waals surface area (Å²) in [6.45, 7) is 4.20. The van der Waals surface area contributed by atoms with Gasteiger partial charge in [-0.25, -0.2) is 0 Å². The fourth-order valence-corrected chi connectivity index (χ4v) is 3.22. The van der Waals surface area contributed by atoms with Gasteiger partial charge in [-0.15, -0.1) is 10.2 Å². The summed E-state index contributed by atoms with van der Waals surface area (Å²) in [7, 11) is 1.69. The quantitative estimate of drug-likeness (QED) is 0.904. The van der Waals surface area contributed by atoms with Gasteiger partial charge in [0.05, 0.1) is 6.10 Å². The van der Waals surface area contributed by atoms with Crippen molar-refractivity contribution in [1.82, 2.24) is 10.2 Å². The van der Waals surface area contributed by atoms with Crippen LogP contribution in [0.4, 0.5) is 19.0 Å². The van der Waals surface area contributed by atoms with E-state index in [4.69, 9.17) is 4.74 Å². The Morgan fingerprint density at radius 1 is 1.29 bits per heavy atom. The van der Waals surface area contributed by atoms with E-state index in [9.17, 15) is 13.2 Å². The monoisotopic (exact) mass is 303 g/mol. The van der Waals surface area contributed by atoms with Gasteiger partial charge in [0.15, 0.2) is 5.69 Å². The van der Waals surface area contributed by atoms with E-state index in [0.717, 1.165) is 25.3 Å². The fraction of sp³-hybridized carbons (Fsp3) is 0.714. The third-order valence-electron chi connectivity index (χ3n) is 4.66. The molecule has 2 unspecified atom stereocenters. The number of nitrogens with zero attached hydrogens (tertiary/aromatic N) is 2. The van der Waals surface area contributed by atoms with Crippen LogP contribution < -0.4 is 5.32 Å². The van der Waals surface area contributed by atoms with E-state index >= 15 is 0 Å². The lowest BCUT2D eigenvalue weighted by atomic mass is 9.58. The molecule has 1 aromatic heterocycles. The molecule has 0 spiro atoms. The van der Waals surface area contributed by atoms with Gasteiger partial charge < -0.3 is 10.1 Å². The Hall–Kier alpha value is -1.37. The van der Waals surface area contributed by atoms with Crippen LogP contribution in [0.15, 0.2) is 12.1 Å². The van der Waals surface area contributed by atoms with E-state index in [0.29, 0.717) is 5.82 Å². The molecule has 0 amide bonds. The van der Waals surface area contributed by atoms with Gasteiger partial charge in [0.1, 0.15) is 5.82 Å². The molecule has 1 N–H and O–H groups in total. The van der Waals surface area contributed by atoms with Crippen LogP contribution in [0.2, 0.25) is 0 Å². The molecule has 0 radical (unpaired) electrons. The maximum Gasteiger partial charge on any atom is 0.435 e. The van der Waals surface area contributed by atoms with Gasteiger partial charge in [-0.2, -0.15) is 13.2 Å². The maximum atomic E-state index is 12.4. The Labute approximate surface area is 122 Å². The molecule has 1 aliphatic carbocycles. The minimum absolute atomic E-state index is 0.000865. The van der Waals surface area contributed by atoms with Crippen molar-refractivity contribution in [3.63, 3.8) is 0 Å². The molecule has 0 aromatic carbocycles. The van der Waals surface area contributed by atoms with Crippen molar-refractivity contribution in [3.8, 4) is 0 Å². The van der Waals surface area contributed by atoms with Gasteiger partial charge in [-0.1, -0.05) is 13.8 Å². The predicted octanol–water partition coefficient (Wildman–Crippen LogP) is 3.50. The van der Waals surface area contributed by atoms with Gasteiger partial charge in [0, 0.05) is 18.6 Å². The number of hydrogen-bond donors (Lipinski definition) is 1. The van der Waals surface area contributed by atoms with Crippen LogP contribution in [-0.4, -0.2) is 29.5 Å². The highest BCUT2D eigenvalue weighted by Gasteiger charge is 2.53. The summed E-state index contributed by atoms with van der Waals surface area (Å²) in [4.78, 5) is 0. The Kier molecular flexibility index (Phi) is 4.41. The van der Waals surface area contributed by atoms with Gasteiger partial charge in [0.25, 0.3) is 0 Å². The number of halogens is 3. The van der Waals surface area contributed by atoms with E-state index in [2.05, 4.69) is 29.4 Å². The molecule has 2 rings (SSSR count). The second-order valence-corrected chi connectivity index (χ2v) is 5.40. The first-order valence-corrected chi connectivity index (χ1v) is 7.07. The summed E-state index contributed by atoms with van der Waals surface area (Å²) in [6, 6.07) is 2.41. The van der Waals surface area contributed by atoms with Crippen molar-refractivity contribution in [2.75, 3.05) is 12.4 Å². The molecule has 0 saturated heterocycles. The SMILES string of the molecule is CCC1(CC)C(Nc2ccc(C(F)(F)F)nn2)CC1OC. The normalized spacial score (nSPS) is 24.5. The summed E-state index contributed by atoms with van der Waals surface area (Å²) in [5.41, 5.74) is -0.979. The lowest BCUT2D eigenvalue weighted by molar-refractivity contribution is -0.141. The van der Waals surface area contributed by atoms with Crippen LogP contribution in [0, 0.1) is 5.41 Å². The number of rotatable bonds is 5. The van der Waals surface area contributed by atoms with E-state index in [1.54, 1.807) is 7.11 Å². The molecule has 2 atom stereocenters. The largest absolute Gasteiger partial charge is 0.435 e. The second kappa shape index (κ2) is 5.79. The Balaban J connectivity index is 2.09. The number of ether oxygens (including phenoxy) is 1. The molecule has 1 heterocycles. The molecular formula is C14H20F3N3O. The Morgan fingerprint density at radius 2 is 1.95 bits per heavy atom. The zero-order chi connectivity index (χ0) is 15.7. The first-order valence-electron chi connectivity index (χ1n) is 7.07. The zero-order valence-corrected chi connectivity index (χ0v) is 12.4. The summed E-state index contributed by atoms with van der Waals surface area (Å²) >= 11 is 0. The van der Waals surface area contributed by atoms with Crippen LogP contribution in [0.3, 0.4) is 0 Å². The Morgan fingerprint density at radius 3 is 2.38 bits per heavy atom. The number of nitrogens with one attached hydrogen (secondary N) is 1. The average molecular weight is 303 g/mol. The van der Waals surface area contributed by atoms with Crippen LogP contribution in [0.5, 0.6) is 0 Å². The lowest BCUT2D eigenvalue weighted by Gasteiger charge is -2.55. The molecule has 1 saturated carbocycles. The molecule has 1 aliphatic rings. The molecule has 1 aromatic rings. The van der Waals surface area contributed by atoms with E-state index in [-0.39, 0.29) is 17.6 Å². The van der Waals surface area contributed by atoms with Crippen molar-refractivity contribution in [2.45, 2.75) is 51.4 Å². The molecule has 1 fully saturated rings. The first-order chi connectivity index (χ1) is 9.87. The van der Waals surface area contributed by atoms with Crippen LogP contribution in [0.1, 0.15) is 38.8 Å². The highest BCUT2D eigenvalue weighted by atomic mass is 19.4. The molecule has 4 nitrogen and oxygen atoms in total. The maximum absolute atomic E-state index is 12.4. The number of alkyl halides is 3. The number of methoxy groups -OCH3 is 1. The summed E-state index contributed by atoms with van der Waals surface area (Å²) in [5.74, 6) is 0.369. The smallest absolute Gasteiger partial charge is 0.381 e. The van der Waals surface area contributed by atoms with Crippen molar-refractivity contribution in [1.29, 1.82) is 0 Å². The van der Waals surface area contributed by atoms with Crippen LogP contribution in [0.25, 0.3) is 0 Å². The minimum atomic E-state index is -4.46. The predicted molar refractivity (Wildman–Crippen MR) is 72.9 cm³/mol. The zero-order valence-electron chi connectivity index (χ0n) is 12.4. The molecule has 7 heteroatoms. The van der Waals surface area contributed by atoms with Gasteiger partial charge in [0.2, 0.25) is 0 Å². The van der Waals surface area contributed by atoms with Gasteiger partial charge in [-0.3, -0.25) is 0 Å². The number of hydrogen-bond acceptors (Lipinski definition) is 4. The summed E-state index contributed by atoms with van der Waals surface area (Å²) in [6.07, 6.45) is -1.59. The number of aromatic nitrogens is 2. The van der Waals surface area contributed by atoms with Crippen molar-refractivity contribution >= 4 is 5.82 Å². The molecule has 0 aliphatic heterocycles. The third-order valence-corrected chi connectivity index (χ3v) is 4.66. The summed E-state index contributed by atoms with van der Waals surface area (Å²) in [5, 5.41) is 10.1. The lowest BCUT2D eigenvalue weighted by Crippen LogP contribution is -2.60. The molecule has 0 bridgehead atoms. The highest BCUT2D eigenvalue weighted by molar-refractivity contribution is 5.37. The Bertz CT molecular complexity index is 471. The number of anilines is 1. The van der Waals surface area contributed by atoms with Gasteiger partial charge >= 0.3 is 6.18 Å². The average Bonchev–Trinajstić information content (AvgIpc) is 2.44. The topological polar surface area (TPSA) is 47.0 Å². The third kappa shape index (κ3) is 2.84. The van der Waals surface area contributed by atoms with E-state index < -0.39 is 11.9 Å². The second-order valence-electron chi connectivity index (χ2n) is 5.40. The van der Waals surface area contributed by atoms with E-state index in [1.165, 1.54) is 6.07 Å². The molecule has 21 heavy (non-hydrogen) atoms. The fourth-order valence-electron chi connectivity index (χ4n) is 3.22. The summed E-state index contributed by atoms with van der Waals surface area (Å²) < 4.78 is 42.8. The first kappa shape index (κ1) is 16.0. The van der Waals surface area contributed by atoms with Crippen molar-refractivity contribution in [2.24, 2.45) is 5.41 Å². The van der Waals surface area contributed by atoms with E-state index in [1.807, 2.05) is 0 Å².